The maximum Gasteiger partial charge on any atom is 0.145 e. The maximum absolute atomic E-state index is 10.4. The van der Waals surface area contributed by atoms with E-state index in [9.17, 15) is 5.11 Å². The fraction of sp³-hybridized carbons (Fsp3) is 0.455. The molecule has 0 aromatic heterocycles. The van der Waals surface area contributed by atoms with Gasteiger partial charge in [0.25, 0.3) is 0 Å². The quantitative estimate of drug-likeness (QED) is 0.645. The van der Waals surface area contributed by atoms with Crippen LogP contribution in [0.4, 0.5) is 0 Å². The normalized spacial score (nSPS) is 31.8. The molecule has 1 aromatic rings. The molecule has 68 valence electrons. The molecule has 0 amide bonds. The highest BCUT2D eigenvalue weighted by Crippen LogP contribution is 2.44. The number of hydrogen-bond donors (Lipinski definition) is 1. The maximum atomic E-state index is 10.4. The van der Waals surface area contributed by atoms with Crippen molar-refractivity contribution in [1.82, 2.24) is 4.90 Å². The molecule has 1 N–H and O–H groups in total. The van der Waals surface area contributed by atoms with Gasteiger partial charge in [0.1, 0.15) is 5.72 Å². The zero-order chi connectivity index (χ0) is 8.89. The molecular weight excluding hydrogens is 162 g/mol. The molecule has 0 aliphatic carbocycles. The average Bonchev–Trinajstić information content (AvgIpc) is 2.60. The molecule has 2 aliphatic heterocycles. The van der Waals surface area contributed by atoms with E-state index < -0.39 is 5.72 Å². The Morgan fingerprint density at radius 2 is 2.15 bits per heavy atom. The molecule has 2 nitrogen and oxygen atoms in total. The van der Waals surface area contributed by atoms with Crippen molar-refractivity contribution in [3.05, 3.63) is 35.4 Å². The third kappa shape index (κ3) is 0.847. The van der Waals surface area contributed by atoms with E-state index in [1.54, 1.807) is 0 Å². The van der Waals surface area contributed by atoms with Crippen molar-refractivity contribution in [2.24, 2.45) is 0 Å². The summed E-state index contributed by atoms with van der Waals surface area (Å²) in [5.41, 5.74) is 1.80. The Labute approximate surface area is 77.8 Å². The van der Waals surface area contributed by atoms with Gasteiger partial charge in [-0.1, -0.05) is 24.3 Å². The predicted molar refractivity (Wildman–Crippen MR) is 50.0 cm³/mol. The molecule has 2 heterocycles. The number of benzene rings is 1. The summed E-state index contributed by atoms with van der Waals surface area (Å²) in [6, 6.07) is 8.23. The van der Waals surface area contributed by atoms with Crippen LogP contribution in [0.1, 0.15) is 24.0 Å². The zero-order valence-corrected chi connectivity index (χ0v) is 7.53. The monoisotopic (exact) mass is 175 g/mol. The zero-order valence-electron chi connectivity index (χ0n) is 7.53. The van der Waals surface area contributed by atoms with Crippen LogP contribution in [0.15, 0.2) is 24.3 Å². The first-order valence-electron chi connectivity index (χ1n) is 4.86. The molecule has 1 saturated heterocycles. The van der Waals surface area contributed by atoms with E-state index in [2.05, 4.69) is 17.0 Å². The van der Waals surface area contributed by atoms with Crippen LogP contribution >= 0.6 is 0 Å². The fourth-order valence-corrected chi connectivity index (χ4v) is 2.63. The fourth-order valence-electron chi connectivity index (χ4n) is 2.63. The molecule has 1 fully saturated rings. The lowest BCUT2D eigenvalue weighted by Gasteiger charge is -2.26. The van der Waals surface area contributed by atoms with Crippen molar-refractivity contribution in [2.45, 2.75) is 25.1 Å². The van der Waals surface area contributed by atoms with Gasteiger partial charge in [0.15, 0.2) is 0 Å². The third-order valence-electron chi connectivity index (χ3n) is 3.29. The second kappa shape index (κ2) is 2.34. The summed E-state index contributed by atoms with van der Waals surface area (Å²) < 4.78 is 0. The van der Waals surface area contributed by atoms with E-state index in [4.69, 9.17) is 0 Å². The smallest absolute Gasteiger partial charge is 0.145 e. The highest BCUT2D eigenvalue weighted by Gasteiger charge is 2.46. The number of aliphatic hydroxyl groups is 1. The van der Waals surface area contributed by atoms with Gasteiger partial charge in [-0.15, -0.1) is 0 Å². The standard InChI is InChI=1S/C11H13NO/c13-11-6-3-7-12(11)8-9-4-1-2-5-10(9)11/h1-2,4-5,13H,3,6-8H2. The topological polar surface area (TPSA) is 23.5 Å². The molecule has 1 aromatic carbocycles. The Kier molecular flexibility index (Phi) is 1.35. The van der Waals surface area contributed by atoms with Crippen LogP contribution in [-0.4, -0.2) is 16.6 Å². The van der Waals surface area contributed by atoms with E-state index in [-0.39, 0.29) is 0 Å². The summed E-state index contributed by atoms with van der Waals surface area (Å²) in [5.74, 6) is 0. The van der Waals surface area contributed by atoms with E-state index in [0.29, 0.717) is 0 Å². The molecule has 2 heteroatoms. The largest absolute Gasteiger partial charge is 0.371 e. The summed E-state index contributed by atoms with van der Waals surface area (Å²) in [5, 5.41) is 10.4. The molecule has 13 heavy (non-hydrogen) atoms. The van der Waals surface area contributed by atoms with Gasteiger partial charge in [0.2, 0.25) is 0 Å². The van der Waals surface area contributed by atoms with Crippen LogP contribution in [-0.2, 0) is 12.3 Å². The van der Waals surface area contributed by atoms with Crippen molar-refractivity contribution >= 4 is 0 Å². The predicted octanol–water partition coefficient (Wildman–Crippen LogP) is 1.44. The second-order valence-corrected chi connectivity index (χ2v) is 4.00. The lowest BCUT2D eigenvalue weighted by atomic mass is 9.99. The van der Waals surface area contributed by atoms with Gasteiger partial charge in [-0.25, -0.2) is 0 Å². The van der Waals surface area contributed by atoms with Crippen LogP contribution in [0.5, 0.6) is 0 Å². The summed E-state index contributed by atoms with van der Waals surface area (Å²) in [4.78, 5) is 2.18. The highest BCUT2D eigenvalue weighted by molar-refractivity contribution is 5.36. The van der Waals surface area contributed by atoms with Crippen LogP contribution in [0.2, 0.25) is 0 Å². The molecule has 1 unspecified atom stereocenters. The number of fused-ring (bicyclic) bond motifs is 3. The first kappa shape index (κ1) is 7.54. The molecule has 0 bridgehead atoms. The van der Waals surface area contributed by atoms with Gasteiger partial charge in [0, 0.05) is 18.7 Å². The third-order valence-corrected chi connectivity index (χ3v) is 3.29. The molecule has 0 spiro atoms. The lowest BCUT2D eigenvalue weighted by molar-refractivity contribution is -0.0759. The Hall–Kier alpha value is -0.860. The van der Waals surface area contributed by atoms with Gasteiger partial charge in [-0.05, 0) is 18.4 Å². The highest BCUT2D eigenvalue weighted by atomic mass is 16.3. The van der Waals surface area contributed by atoms with E-state index in [1.165, 1.54) is 5.56 Å². The molecule has 2 aliphatic rings. The van der Waals surface area contributed by atoms with E-state index >= 15 is 0 Å². The van der Waals surface area contributed by atoms with Crippen LogP contribution in [0, 0.1) is 0 Å². The Morgan fingerprint density at radius 3 is 3.08 bits per heavy atom. The van der Waals surface area contributed by atoms with E-state index in [0.717, 1.165) is 31.5 Å². The van der Waals surface area contributed by atoms with Gasteiger partial charge >= 0.3 is 0 Å². The Morgan fingerprint density at radius 1 is 1.31 bits per heavy atom. The van der Waals surface area contributed by atoms with Crippen LogP contribution in [0.25, 0.3) is 0 Å². The SMILES string of the molecule is OC12CCCN1Cc1ccccc12. The summed E-state index contributed by atoms with van der Waals surface area (Å²) in [6.07, 6.45) is 2.01. The van der Waals surface area contributed by atoms with Crippen molar-refractivity contribution < 1.29 is 5.11 Å². The number of hydrogen-bond acceptors (Lipinski definition) is 2. The lowest BCUT2D eigenvalue weighted by Crippen LogP contribution is -2.34. The minimum absolute atomic E-state index is 0.628. The minimum atomic E-state index is -0.628. The van der Waals surface area contributed by atoms with E-state index in [1.807, 2.05) is 12.1 Å². The summed E-state index contributed by atoms with van der Waals surface area (Å²) in [7, 11) is 0. The van der Waals surface area contributed by atoms with Crippen molar-refractivity contribution in [1.29, 1.82) is 0 Å². The van der Waals surface area contributed by atoms with Crippen molar-refractivity contribution in [2.75, 3.05) is 6.54 Å². The van der Waals surface area contributed by atoms with Gasteiger partial charge in [0.05, 0.1) is 0 Å². The molecule has 3 rings (SSSR count). The van der Waals surface area contributed by atoms with Crippen LogP contribution < -0.4 is 0 Å². The van der Waals surface area contributed by atoms with Gasteiger partial charge < -0.3 is 5.11 Å². The van der Waals surface area contributed by atoms with Crippen molar-refractivity contribution in [3.8, 4) is 0 Å². The number of rotatable bonds is 0. The summed E-state index contributed by atoms with van der Waals surface area (Å²) >= 11 is 0. The Balaban J connectivity index is 2.17. The van der Waals surface area contributed by atoms with Gasteiger partial charge in [-0.2, -0.15) is 0 Å². The molecule has 0 saturated carbocycles. The molecule has 1 atom stereocenters. The summed E-state index contributed by atoms with van der Waals surface area (Å²) in [6.45, 7) is 1.96. The first-order chi connectivity index (χ1) is 6.31. The van der Waals surface area contributed by atoms with Crippen LogP contribution in [0.3, 0.4) is 0 Å². The molecule has 0 radical (unpaired) electrons. The minimum Gasteiger partial charge on any atom is -0.371 e. The Bertz CT molecular complexity index is 350. The van der Waals surface area contributed by atoms with Gasteiger partial charge in [-0.3, -0.25) is 4.90 Å². The molecular formula is C11H13NO. The second-order valence-electron chi connectivity index (χ2n) is 4.00. The average molecular weight is 175 g/mol. The van der Waals surface area contributed by atoms with Crippen molar-refractivity contribution in [3.63, 3.8) is 0 Å². The first-order valence-corrected chi connectivity index (χ1v) is 4.86. The number of nitrogens with zero attached hydrogens (tertiary/aromatic N) is 1.